The molecule has 9 nitrogen and oxygen atoms in total. The molecule has 2 aliphatic rings. The second-order valence-electron chi connectivity index (χ2n) is 7.36. The van der Waals surface area contributed by atoms with Crippen LogP contribution in [0.3, 0.4) is 0 Å². The van der Waals surface area contributed by atoms with Crippen molar-refractivity contribution in [1.29, 1.82) is 0 Å². The first-order chi connectivity index (χ1) is 12.3. The zero-order chi connectivity index (χ0) is 19.4. The van der Waals surface area contributed by atoms with Gasteiger partial charge in [0.1, 0.15) is 6.10 Å². The van der Waals surface area contributed by atoms with Crippen molar-refractivity contribution in [3.63, 3.8) is 0 Å². The van der Waals surface area contributed by atoms with Crippen LogP contribution < -0.4 is 17.2 Å². The number of hydrogen-bond donors (Lipinski definition) is 4. The van der Waals surface area contributed by atoms with Gasteiger partial charge in [-0.05, 0) is 32.6 Å². The number of hydrogen-bond acceptors (Lipinski definition) is 8. The predicted molar refractivity (Wildman–Crippen MR) is 96.0 cm³/mol. The van der Waals surface area contributed by atoms with Gasteiger partial charge in [0.25, 0.3) is 0 Å². The number of carbonyl (C=O) groups is 1. The lowest BCUT2D eigenvalue weighted by Crippen LogP contribution is -2.62. The lowest BCUT2D eigenvalue weighted by molar-refractivity contribution is -0.250. The zero-order valence-corrected chi connectivity index (χ0v) is 15.9. The lowest BCUT2D eigenvalue weighted by atomic mass is 9.86. The molecule has 2 fully saturated rings. The first-order valence-electron chi connectivity index (χ1n) is 9.28. The van der Waals surface area contributed by atoms with Gasteiger partial charge in [0.2, 0.25) is 5.91 Å². The molecule has 1 aliphatic heterocycles. The number of nitrogens with zero attached hydrogens (tertiary/aromatic N) is 1. The Hall–Kier alpha value is -0.810. The van der Waals surface area contributed by atoms with Gasteiger partial charge in [-0.25, -0.2) is 0 Å². The van der Waals surface area contributed by atoms with Crippen molar-refractivity contribution in [3.05, 3.63) is 0 Å². The topological polar surface area (TPSA) is 146 Å². The van der Waals surface area contributed by atoms with Crippen LogP contribution >= 0.6 is 0 Å². The molecular weight excluding hydrogens is 340 g/mol. The molecule has 0 bridgehead atoms. The van der Waals surface area contributed by atoms with Crippen molar-refractivity contribution in [3.8, 4) is 0 Å². The molecule has 9 heteroatoms. The summed E-state index contributed by atoms with van der Waals surface area (Å²) in [5.74, 6) is -0.276. The van der Waals surface area contributed by atoms with Crippen molar-refractivity contribution in [2.24, 2.45) is 17.2 Å². The maximum Gasteiger partial charge on any atom is 0.236 e. The first kappa shape index (κ1) is 21.5. The van der Waals surface area contributed by atoms with Crippen LogP contribution in [-0.2, 0) is 19.0 Å². The van der Waals surface area contributed by atoms with Crippen LogP contribution in [-0.4, -0.2) is 85.4 Å². The number of likely N-dealkylation sites (N-methyl/N-ethyl adjacent to an activating group) is 1. The maximum absolute atomic E-state index is 12.1. The summed E-state index contributed by atoms with van der Waals surface area (Å²) in [4.78, 5) is 13.6. The maximum atomic E-state index is 12.1. The van der Waals surface area contributed by atoms with E-state index in [9.17, 15) is 9.90 Å². The molecule has 26 heavy (non-hydrogen) atoms. The van der Waals surface area contributed by atoms with Gasteiger partial charge < -0.3 is 41.4 Å². The summed E-state index contributed by atoms with van der Waals surface area (Å²) in [6.45, 7) is 1.75. The SMILES string of the molecule is COC1CCC(OC2OC(C(C)N)CCC2N)C(N(C)C(=O)CN)C1O. The molecule has 1 saturated carbocycles. The van der Waals surface area contributed by atoms with Crippen LogP contribution in [0.25, 0.3) is 0 Å². The van der Waals surface area contributed by atoms with Crippen LogP contribution in [0.4, 0.5) is 0 Å². The van der Waals surface area contributed by atoms with Crippen molar-refractivity contribution in [2.75, 3.05) is 20.7 Å². The standard InChI is InChI=1S/C17H34N4O5/c1-9(19)11-5-4-10(20)17(25-11)26-12-6-7-13(24-3)16(23)15(12)21(2)14(22)8-18/h9-13,15-17,23H,4-8,18-20H2,1-3H3. The van der Waals surface area contributed by atoms with Gasteiger partial charge in [-0.1, -0.05) is 0 Å². The second-order valence-corrected chi connectivity index (χ2v) is 7.36. The Kier molecular flexibility index (Phi) is 7.77. The van der Waals surface area contributed by atoms with Gasteiger partial charge in [-0.3, -0.25) is 4.79 Å². The van der Waals surface area contributed by atoms with Crippen LogP contribution in [0, 0.1) is 0 Å². The van der Waals surface area contributed by atoms with Crippen LogP contribution in [0.1, 0.15) is 32.6 Å². The Labute approximate surface area is 155 Å². The third kappa shape index (κ3) is 4.72. The van der Waals surface area contributed by atoms with Crippen molar-refractivity contribution in [2.45, 2.75) is 81.4 Å². The molecule has 1 saturated heterocycles. The average molecular weight is 374 g/mol. The van der Waals surface area contributed by atoms with Crippen molar-refractivity contribution < 1.29 is 24.1 Å². The van der Waals surface area contributed by atoms with E-state index in [1.165, 1.54) is 4.90 Å². The number of nitrogens with two attached hydrogens (primary N) is 3. The molecule has 152 valence electrons. The quantitative estimate of drug-likeness (QED) is 0.440. The Balaban J connectivity index is 2.14. The number of rotatable bonds is 6. The minimum atomic E-state index is -0.886. The highest BCUT2D eigenvalue weighted by molar-refractivity contribution is 5.78. The summed E-state index contributed by atoms with van der Waals surface area (Å²) in [5.41, 5.74) is 17.6. The van der Waals surface area contributed by atoms with E-state index in [4.69, 9.17) is 31.4 Å². The van der Waals surface area contributed by atoms with Crippen LogP contribution in [0.15, 0.2) is 0 Å². The van der Waals surface area contributed by atoms with E-state index in [-0.39, 0.29) is 36.7 Å². The molecule has 1 amide bonds. The van der Waals surface area contributed by atoms with Gasteiger partial charge in [0, 0.05) is 20.2 Å². The fraction of sp³-hybridized carbons (Fsp3) is 0.941. The first-order valence-corrected chi connectivity index (χ1v) is 9.28. The smallest absolute Gasteiger partial charge is 0.236 e. The lowest BCUT2D eigenvalue weighted by Gasteiger charge is -2.46. The van der Waals surface area contributed by atoms with Crippen molar-refractivity contribution in [1.82, 2.24) is 4.90 Å². The van der Waals surface area contributed by atoms with E-state index < -0.39 is 24.5 Å². The molecule has 8 atom stereocenters. The zero-order valence-electron chi connectivity index (χ0n) is 15.9. The third-order valence-corrected chi connectivity index (χ3v) is 5.50. The van der Waals surface area contributed by atoms with E-state index in [1.807, 2.05) is 6.92 Å². The summed E-state index contributed by atoms with van der Waals surface area (Å²) in [6.07, 6.45) is 0.317. The predicted octanol–water partition coefficient (Wildman–Crippen LogP) is -1.49. The molecule has 0 aromatic rings. The van der Waals surface area contributed by atoms with Gasteiger partial charge in [-0.15, -0.1) is 0 Å². The number of aliphatic hydroxyl groups is 1. The highest BCUT2D eigenvalue weighted by Gasteiger charge is 2.45. The van der Waals surface area contributed by atoms with Gasteiger partial charge in [0.05, 0.1) is 36.9 Å². The van der Waals surface area contributed by atoms with Crippen molar-refractivity contribution >= 4 is 5.91 Å². The van der Waals surface area contributed by atoms with Gasteiger partial charge in [-0.2, -0.15) is 0 Å². The van der Waals surface area contributed by atoms with Crippen LogP contribution in [0.2, 0.25) is 0 Å². The molecule has 0 aromatic carbocycles. The highest BCUT2D eigenvalue weighted by Crippen LogP contribution is 2.31. The number of ether oxygens (including phenoxy) is 3. The van der Waals surface area contributed by atoms with E-state index in [2.05, 4.69) is 0 Å². The third-order valence-electron chi connectivity index (χ3n) is 5.50. The molecule has 7 N–H and O–H groups in total. The normalized spacial score (nSPS) is 39.4. The molecule has 1 aliphatic carbocycles. The Bertz CT molecular complexity index is 466. The largest absolute Gasteiger partial charge is 0.388 e. The summed E-state index contributed by atoms with van der Waals surface area (Å²) in [6, 6.07) is -0.990. The fourth-order valence-electron chi connectivity index (χ4n) is 3.83. The Morgan fingerprint density at radius 3 is 2.54 bits per heavy atom. The molecule has 0 radical (unpaired) electrons. The summed E-state index contributed by atoms with van der Waals surface area (Å²) < 4.78 is 17.5. The minimum absolute atomic E-state index is 0.123. The molecule has 2 rings (SSSR count). The molecule has 0 spiro atoms. The Morgan fingerprint density at radius 1 is 1.31 bits per heavy atom. The van der Waals surface area contributed by atoms with Gasteiger partial charge in [0.15, 0.2) is 6.29 Å². The number of carbonyl (C=O) groups excluding carboxylic acids is 1. The minimum Gasteiger partial charge on any atom is -0.388 e. The van der Waals surface area contributed by atoms with E-state index in [0.717, 1.165) is 12.8 Å². The number of amides is 1. The second kappa shape index (κ2) is 9.41. The van der Waals surface area contributed by atoms with E-state index in [0.29, 0.717) is 12.8 Å². The summed E-state index contributed by atoms with van der Waals surface area (Å²) >= 11 is 0. The monoisotopic (exact) mass is 374 g/mol. The van der Waals surface area contributed by atoms with E-state index in [1.54, 1.807) is 14.2 Å². The Morgan fingerprint density at radius 2 is 1.96 bits per heavy atom. The fourth-order valence-corrected chi connectivity index (χ4v) is 3.83. The average Bonchev–Trinajstić information content (AvgIpc) is 2.62. The molecule has 0 aromatic heterocycles. The molecule has 1 heterocycles. The van der Waals surface area contributed by atoms with Gasteiger partial charge >= 0.3 is 0 Å². The summed E-state index contributed by atoms with van der Waals surface area (Å²) in [5, 5.41) is 10.7. The summed E-state index contributed by atoms with van der Waals surface area (Å²) in [7, 11) is 3.16. The molecular formula is C17H34N4O5. The number of aliphatic hydroxyl groups excluding tert-OH is 1. The van der Waals surface area contributed by atoms with Crippen LogP contribution in [0.5, 0.6) is 0 Å². The molecule has 8 unspecified atom stereocenters. The van der Waals surface area contributed by atoms with E-state index >= 15 is 0 Å². The number of methoxy groups -OCH3 is 1. The highest BCUT2D eigenvalue weighted by atomic mass is 16.7.